The molecule has 0 fully saturated rings. The van der Waals surface area contributed by atoms with E-state index >= 15 is 0 Å². The van der Waals surface area contributed by atoms with Crippen molar-refractivity contribution in [2.45, 2.75) is 52.4 Å². The third-order valence-corrected chi connectivity index (χ3v) is 9.80. The first kappa shape index (κ1) is 30.6. The fraction of sp³-hybridized carbons (Fsp3) is 0.200. The molecule has 7 heteroatoms. The fourth-order valence-corrected chi connectivity index (χ4v) is 7.09. The van der Waals surface area contributed by atoms with Crippen LogP contribution in [0.15, 0.2) is 108 Å². The number of pyridine rings is 1. The van der Waals surface area contributed by atoms with E-state index in [9.17, 15) is 0 Å². The van der Waals surface area contributed by atoms with Crippen molar-refractivity contribution in [2.24, 2.45) is 0 Å². The smallest absolute Gasteiger partial charge is 0.135 e. The van der Waals surface area contributed by atoms with Gasteiger partial charge in [0.2, 0.25) is 0 Å². The van der Waals surface area contributed by atoms with Gasteiger partial charge in [-0.25, -0.2) is 4.98 Å². The standard InChI is InChI=1S/C45H39N4O2.Pt/c1-44(2,3)28-20-21-46-40(24-28)49-34-16-10-8-14-32(34)41-37(49)26-39(42-33-15-9-13-19-38(33)51-43(41)42)50-31-23-29(45(4,5)6)22-30(25-31)48-27-47(7)35-17-11-12-18-36(35)48;/h8-24,27H,1-7H3;/q-3;/i7D3;. The number of benzene rings is 5. The number of fused-ring (bicyclic) bond motifs is 8. The summed E-state index contributed by atoms with van der Waals surface area (Å²) in [5.41, 5.74) is 6.99. The fourth-order valence-electron chi connectivity index (χ4n) is 7.09. The van der Waals surface area contributed by atoms with Gasteiger partial charge < -0.3 is 23.5 Å². The summed E-state index contributed by atoms with van der Waals surface area (Å²) in [7, 11) is 0. The number of hydrogen-bond donors (Lipinski definition) is 0. The number of rotatable bonds is 4. The van der Waals surface area contributed by atoms with Crippen molar-refractivity contribution in [1.82, 2.24) is 9.55 Å². The minimum absolute atomic E-state index is 0. The van der Waals surface area contributed by atoms with Crippen LogP contribution in [-0.4, -0.2) is 16.5 Å². The molecule has 0 bridgehead atoms. The first-order chi connectivity index (χ1) is 25.7. The van der Waals surface area contributed by atoms with Crippen molar-refractivity contribution in [3.8, 4) is 17.3 Å². The molecule has 0 N–H and O–H groups in total. The first-order valence-corrected chi connectivity index (χ1v) is 17.2. The predicted molar refractivity (Wildman–Crippen MR) is 209 cm³/mol. The summed E-state index contributed by atoms with van der Waals surface area (Å²) >= 11 is 0. The van der Waals surface area contributed by atoms with Gasteiger partial charge in [-0.05, 0) is 75.9 Å². The van der Waals surface area contributed by atoms with Gasteiger partial charge in [-0.3, -0.25) is 0 Å². The van der Waals surface area contributed by atoms with Crippen molar-refractivity contribution < 1.29 is 34.3 Å². The molecule has 0 radical (unpaired) electrons. The van der Waals surface area contributed by atoms with Crippen LogP contribution in [0.3, 0.4) is 0 Å². The Morgan fingerprint density at radius 1 is 0.769 bits per heavy atom. The zero-order chi connectivity index (χ0) is 37.7. The Bertz CT molecular complexity index is 2770. The van der Waals surface area contributed by atoms with Crippen LogP contribution in [0, 0.1) is 18.8 Å². The van der Waals surface area contributed by atoms with E-state index in [1.165, 1.54) is 4.90 Å². The SMILES string of the molecule is [2H]C([2H])([2H])N1[CH-]N(c2[c-]c(Oc3[c-]c4c(c5ccccc5n4-c4cc(C(C)(C)C)ccn4)c4oc5ccccc5c34)cc(C(C)(C)C)c2)c2ccccc21.[Pt]. The quantitative estimate of drug-likeness (QED) is 0.165. The Kier molecular flexibility index (Phi) is 7.21. The van der Waals surface area contributed by atoms with E-state index in [0.29, 0.717) is 28.5 Å². The molecule has 0 amide bonds. The van der Waals surface area contributed by atoms with Gasteiger partial charge in [-0.15, -0.1) is 35.5 Å². The largest absolute Gasteiger partial charge is 0.508 e. The van der Waals surface area contributed by atoms with Gasteiger partial charge in [0.25, 0.3) is 0 Å². The van der Waals surface area contributed by atoms with Crippen molar-refractivity contribution in [1.29, 1.82) is 0 Å². The maximum absolute atomic E-state index is 8.25. The summed E-state index contributed by atoms with van der Waals surface area (Å²) in [5, 5.41) is 3.66. The van der Waals surface area contributed by atoms with Crippen LogP contribution >= 0.6 is 0 Å². The summed E-state index contributed by atoms with van der Waals surface area (Å²) in [5.74, 6) is 1.73. The Balaban J connectivity index is 0.00000427. The van der Waals surface area contributed by atoms with E-state index in [0.717, 1.165) is 60.8 Å². The molecule has 0 aliphatic carbocycles. The number of ether oxygens (including phenoxy) is 1. The van der Waals surface area contributed by atoms with Crippen LogP contribution in [0.1, 0.15) is 56.8 Å². The van der Waals surface area contributed by atoms with E-state index in [1.54, 1.807) is 6.67 Å². The molecule has 5 aromatic carbocycles. The second kappa shape index (κ2) is 12.3. The zero-order valence-corrected chi connectivity index (χ0v) is 32.1. The molecule has 1 aliphatic rings. The molecule has 52 heavy (non-hydrogen) atoms. The molecule has 3 aromatic heterocycles. The molecule has 4 heterocycles. The summed E-state index contributed by atoms with van der Waals surface area (Å²) in [6, 6.07) is 39.2. The van der Waals surface area contributed by atoms with E-state index in [1.807, 2.05) is 83.9 Å². The van der Waals surface area contributed by atoms with Gasteiger partial charge in [0, 0.05) is 65.3 Å². The molecule has 9 rings (SSSR count). The minimum Gasteiger partial charge on any atom is -0.508 e. The first-order valence-electron chi connectivity index (χ1n) is 18.7. The Labute approximate surface area is 323 Å². The molecule has 0 spiro atoms. The summed E-state index contributed by atoms with van der Waals surface area (Å²) < 4.78 is 40.6. The number of hydrogen-bond acceptors (Lipinski definition) is 5. The van der Waals surface area contributed by atoms with Gasteiger partial charge in [-0.2, -0.15) is 6.67 Å². The number of aromatic nitrogens is 2. The Hall–Kier alpha value is -5.06. The topological polar surface area (TPSA) is 46.7 Å². The molecule has 6 nitrogen and oxygen atoms in total. The molecule has 8 aromatic rings. The van der Waals surface area contributed by atoms with Crippen molar-refractivity contribution in [3.05, 3.63) is 133 Å². The van der Waals surface area contributed by atoms with Gasteiger partial charge in [-0.1, -0.05) is 101 Å². The van der Waals surface area contributed by atoms with Crippen molar-refractivity contribution in [3.63, 3.8) is 0 Å². The van der Waals surface area contributed by atoms with Crippen LogP contribution in [-0.2, 0) is 31.9 Å². The van der Waals surface area contributed by atoms with Crippen LogP contribution in [0.25, 0.3) is 49.6 Å². The third kappa shape index (κ3) is 5.47. The number of nitrogens with zero attached hydrogens (tertiary/aromatic N) is 4. The molecule has 0 saturated heterocycles. The number of para-hydroxylation sites is 4. The second-order valence-electron chi connectivity index (χ2n) is 15.3. The number of anilines is 3. The van der Waals surface area contributed by atoms with Gasteiger partial charge in [0.1, 0.15) is 11.4 Å². The number of furan rings is 1. The molecule has 0 unspecified atom stereocenters. The maximum atomic E-state index is 8.25. The molecular formula is C45H39N4O2Pt-3. The van der Waals surface area contributed by atoms with E-state index in [-0.39, 0.29) is 31.9 Å². The normalized spacial score (nSPS) is 14.5. The van der Waals surface area contributed by atoms with E-state index in [4.69, 9.17) is 18.3 Å². The molecule has 264 valence electrons. The van der Waals surface area contributed by atoms with E-state index in [2.05, 4.69) is 82.5 Å². The minimum atomic E-state index is -2.37. The molecular weight excluding hydrogens is 824 g/mol. The van der Waals surface area contributed by atoms with Gasteiger partial charge >= 0.3 is 0 Å². The van der Waals surface area contributed by atoms with Crippen LogP contribution < -0.4 is 14.5 Å². The van der Waals surface area contributed by atoms with Crippen LogP contribution in [0.2, 0.25) is 0 Å². The third-order valence-electron chi connectivity index (χ3n) is 9.80. The maximum Gasteiger partial charge on any atom is 0.135 e. The Morgan fingerprint density at radius 2 is 1.48 bits per heavy atom. The predicted octanol–water partition coefficient (Wildman–Crippen LogP) is 11.8. The summed E-state index contributed by atoms with van der Waals surface area (Å²) in [6.07, 6.45) is 1.86. The van der Waals surface area contributed by atoms with Crippen molar-refractivity contribution >= 4 is 60.8 Å². The van der Waals surface area contributed by atoms with Crippen LogP contribution in [0.5, 0.6) is 11.5 Å². The average Bonchev–Trinajstić information content (AvgIpc) is 3.81. The second-order valence-corrected chi connectivity index (χ2v) is 15.3. The zero-order valence-electron chi connectivity index (χ0n) is 32.8. The monoisotopic (exact) mass is 865 g/mol. The van der Waals surface area contributed by atoms with Crippen LogP contribution in [0.4, 0.5) is 17.1 Å². The summed E-state index contributed by atoms with van der Waals surface area (Å²) in [6.45, 7) is 12.3. The van der Waals surface area contributed by atoms with E-state index < -0.39 is 6.98 Å². The van der Waals surface area contributed by atoms with Crippen molar-refractivity contribution in [2.75, 3.05) is 16.8 Å². The summed E-state index contributed by atoms with van der Waals surface area (Å²) in [4.78, 5) is 8.07. The molecule has 1 aliphatic heterocycles. The average molecular weight is 866 g/mol. The van der Waals surface area contributed by atoms with Gasteiger partial charge in [0.15, 0.2) is 0 Å². The molecule has 0 atom stereocenters. The Morgan fingerprint density at radius 3 is 2.25 bits per heavy atom. The molecule has 0 saturated carbocycles. The van der Waals surface area contributed by atoms with Gasteiger partial charge in [0.05, 0.1) is 0 Å².